The van der Waals surface area contributed by atoms with E-state index in [4.69, 9.17) is 15.9 Å². The van der Waals surface area contributed by atoms with Crippen LogP contribution in [0.3, 0.4) is 0 Å². The Morgan fingerprint density at radius 2 is 1.86 bits per heavy atom. The molecular weight excluding hydrogens is 186 g/mol. The Morgan fingerprint density at radius 1 is 1.36 bits per heavy atom. The van der Waals surface area contributed by atoms with Gasteiger partial charge in [0, 0.05) is 0 Å². The highest BCUT2D eigenvalue weighted by Gasteiger charge is 2.56. The fourth-order valence-electron chi connectivity index (χ4n) is 2.20. The van der Waals surface area contributed by atoms with Crippen LogP contribution in [0.4, 0.5) is 0 Å². The zero-order valence-corrected chi connectivity index (χ0v) is 8.28. The third kappa shape index (κ3) is 1.37. The molecule has 80 valence electrons. The topological polar surface area (TPSA) is 101 Å². The van der Waals surface area contributed by atoms with Crippen LogP contribution in [0.5, 0.6) is 0 Å². The number of carboxylic acids is 2. The second kappa shape index (κ2) is 2.95. The van der Waals surface area contributed by atoms with Gasteiger partial charge in [0.05, 0.1) is 5.41 Å². The third-order valence-corrected chi connectivity index (χ3v) is 3.23. The molecule has 0 aromatic heterocycles. The van der Waals surface area contributed by atoms with Crippen molar-refractivity contribution in [3.05, 3.63) is 0 Å². The van der Waals surface area contributed by atoms with Crippen molar-refractivity contribution in [2.24, 2.45) is 17.1 Å². The van der Waals surface area contributed by atoms with Crippen LogP contribution in [0.1, 0.15) is 26.7 Å². The highest BCUT2D eigenvalue weighted by atomic mass is 16.4. The van der Waals surface area contributed by atoms with Gasteiger partial charge in [-0.15, -0.1) is 0 Å². The van der Waals surface area contributed by atoms with Crippen molar-refractivity contribution in [2.75, 3.05) is 0 Å². The Labute approximate surface area is 81.9 Å². The summed E-state index contributed by atoms with van der Waals surface area (Å²) in [4.78, 5) is 21.9. The van der Waals surface area contributed by atoms with Crippen LogP contribution in [-0.2, 0) is 9.59 Å². The lowest BCUT2D eigenvalue weighted by Crippen LogP contribution is -2.50. The lowest BCUT2D eigenvalue weighted by Gasteiger charge is -2.24. The Balaban J connectivity index is 2.99. The summed E-state index contributed by atoms with van der Waals surface area (Å²) < 4.78 is 0. The van der Waals surface area contributed by atoms with Gasteiger partial charge in [-0.1, -0.05) is 6.92 Å². The van der Waals surface area contributed by atoms with Crippen LogP contribution in [0.2, 0.25) is 0 Å². The highest BCUT2D eigenvalue weighted by Crippen LogP contribution is 2.46. The molecule has 5 nitrogen and oxygen atoms in total. The van der Waals surface area contributed by atoms with Gasteiger partial charge in [-0.05, 0) is 25.7 Å². The number of carbonyl (C=O) groups is 2. The highest BCUT2D eigenvalue weighted by molar-refractivity contribution is 5.83. The summed E-state index contributed by atoms with van der Waals surface area (Å²) in [5, 5.41) is 17.9. The zero-order chi connectivity index (χ0) is 11.1. The van der Waals surface area contributed by atoms with Crippen LogP contribution >= 0.6 is 0 Å². The quantitative estimate of drug-likeness (QED) is 0.596. The largest absolute Gasteiger partial charge is 0.481 e. The van der Waals surface area contributed by atoms with Gasteiger partial charge in [-0.2, -0.15) is 0 Å². The minimum atomic E-state index is -1.40. The Bertz CT molecular complexity index is 291. The maximum absolute atomic E-state index is 10.9. The van der Waals surface area contributed by atoms with E-state index in [9.17, 15) is 9.59 Å². The first-order valence-corrected chi connectivity index (χ1v) is 4.48. The van der Waals surface area contributed by atoms with Crippen molar-refractivity contribution in [1.82, 2.24) is 0 Å². The number of aliphatic carboxylic acids is 2. The van der Waals surface area contributed by atoms with Crippen molar-refractivity contribution in [2.45, 2.75) is 32.2 Å². The van der Waals surface area contributed by atoms with Gasteiger partial charge in [0.15, 0.2) is 0 Å². The van der Waals surface area contributed by atoms with Gasteiger partial charge in [0.1, 0.15) is 5.54 Å². The monoisotopic (exact) mass is 201 g/mol. The number of nitrogens with two attached hydrogens (primary N) is 1. The standard InChI is InChI=1S/C9H15NO4/c1-5-3-8(2,6(11)12)4-9(5,10)7(13)14/h5H,3-4,10H2,1-2H3,(H,11,12)(H,13,14)/t5-,8-,9-/m1/s1. The van der Waals surface area contributed by atoms with Crippen LogP contribution < -0.4 is 5.73 Å². The fourth-order valence-corrected chi connectivity index (χ4v) is 2.20. The summed E-state index contributed by atoms with van der Waals surface area (Å²) in [5.41, 5.74) is 3.29. The summed E-state index contributed by atoms with van der Waals surface area (Å²) in [6.45, 7) is 3.23. The average Bonchev–Trinajstić information content (AvgIpc) is 2.25. The smallest absolute Gasteiger partial charge is 0.323 e. The van der Waals surface area contributed by atoms with Gasteiger partial charge >= 0.3 is 11.9 Å². The molecule has 0 bridgehead atoms. The van der Waals surface area contributed by atoms with Crippen molar-refractivity contribution in [3.8, 4) is 0 Å². The number of rotatable bonds is 2. The van der Waals surface area contributed by atoms with Crippen LogP contribution in [0.25, 0.3) is 0 Å². The molecule has 0 spiro atoms. The molecule has 1 aliphatic rings. The number of hydrogen-bond donors (Lipinski definition) is 3. The first-order valence-electron chi connectivity index (χ1n) is 4.48. The van der Waals surface area contributed by atoms with Gasteiger partial charge in [0.25, 0.3) is 0 Å². The SMILES string of the molecule is C[C@@H]1C[C@@](C)(C(=O)O)C[C@]1(N)C(=O)O. The lowest BCUT2D eigenvalue weighted by atomic mass is 9.86. The molecule has 14 heavy (non-hydrogen) atoms. The van der Waals surface area contributed by atoms with Crippen LogP contribution in [0.15, 0.2) is 0 Å². The zero-order valence-electron chi connectivity index (χ0n) is 8.28. The summed E-state index contributed by atoms with van der Waals surface area (Å²) in [6, 6.07) is 0. The van der Waals surface area contributed by atoms with Gasteiger partial charge in [-0.3, -0.25) is 9.59 Å². The fraction of sp³-hybridized carbons (Fsp3) is 0.778. The normalized spacial score (nSPS) is 42.4. The minimum Gasteiger partial charge on any atom is -0.481 e. The van der Waals surface area contributed by atoms with E-state index in [-0.39, 0.29) is 12.3 Å². The molecule has 1 saturated carbocycles. The summed E-state index contributed by atoms with van der Waals surface area (Å²) >= 11 is 0. The molecule has 0 unspecified atom stereocenters. The summed E-state index contributed by atoms with van der Waals surface area (Å²) in [6.07, 6.45) is 0.303. The van der Waals surface area contributed by atoms with E-state index in [0.717, 1.165) is 0 Å². The Morgan fingerprint density at radius 3 is 2.07 bits per heavy atom. The van der Waals surface area contributed by atoms with E-state index < -0.39 is 22.9 Å². The molecule has 1 aliphatic carbocycles. The first-order chi connectivity index (χ1) is 6.22. The van der Waals surface area contributed by atoms with E-state index >= 15 is 0 Å². The third-order valence-electron chi connectivity index (χ3n) is 3.23. The van der Waals surface area contributed by atoms with Gasteiger partial charge in [0.2, 0.25) is 0 Å². The second-order valence-corrected chi connectivity index (χ2v) is 4.49. The minimum absolute atomic E-state index is 0.00810. The summed E-state index contributed by atoms with van der Waals surface area (Å²) in [7, 11) is 0. The molecule has 1 fully saturated rings. The van der Waals surface area contributed by atoms with Crippen molar-refractivity contribution in [1.29, 1.82) is 0 Å². The summed E-state index contributed by atoms with van der Waals surface area (Å²) in [5.74, 6) is -2.41. The number of carboxylic acid groups (broad SMARTS) is 2. The molecule has 0 amide bonds. The molecule has 0 aromatic rings. The predicted molar refractivity (Wildman–Crippen MR) is 48.7 cm³/mol. The van der Waals surface area contributed by atoms with E-state index in [1.54, 1.807) is 13.8 Å². The van der Waals surface area contributed by atoms with Crippen molar-refractivity contribution < 1.29 is 19.8 Å². The van der Waals surface area contributed by atoms with Crippen LogP contribution in [0, 0.1) is 11.3 Å². The molecule has 0 saturated heterocycles. The molecule has 0 aliphatic heterocycles. The molecule has 1 rings (SSSR count). The van der Waals surface area contributed by atoms with Crippen molar-refractivity contribution in [3.63, 3.8) is 0 Å². The van der Waals surface area contributed by atoms with E-state index in [0.29, 0.717) is 6.42 Å². The molecule has 5 heteroatoms. The van der Waals surface area contributed by atoms with E-state index in [1.807, 2.05) is 0 Å². The second-order valence-electron chi connectivity index (χ2n) is 4.49. The number of hydrogen-bond acceptors (Lipinski definition) is 3. The van der Waals surface area contributed by atoms with Crippen molar-refractivity contribution >= 4 is 11.9 Å². The molecule has 0 aromatic carbocycles. The lowest BCUT2D eigenvalue weighted by molar-refractivity contribution is -0.148. The molecule has 3 atom stereocenters. The molecular formula is C9H15NO4. The van der Waals surface area contributed by atoms with E-state index in [2.05, 4.69) is 0 Å². The molecule has 4 N–H and O–H groups in total. The van der Waals surface area contributed by atoms with Gasteiger partial charge in [-0.25, -0.2) is 0 Å². The van der Waals surface area contributed by atoms with E-state index in [1.165, 1.54) is 0 Å². The molecule has 0 radical (unpaired) electrons. The Kier molecular flexibility index (Phi) is 2.31. The predicted octanol–water partition coefficient (Wildman–Crippen LogP) is 0.289. The average molecular weight is 201 g/mol. The first kappa shape index (κ1) is 11.0. The Hall–Kier alpha value is -1.10. The maximum Gasteiger partial charge on any atom is 0.323 e. The van der Waals surface area contributed by atoms with Crippen LogP contribution in [-0.4, -0.2) is 27.7 Å². The molecule has 0 heterocycles. The maximum atomic E-state index is 10.9. The van der Waals surface area contributed by atoms with Gasteiger partial charge < -0.3 is 15.9 Å².